The number of non-ortho nitro benzene ring substituents is 1. The van der Waals surface area contributed by atoms with Gasteiger partial charge in [-0.25, -0.2) is 5.43 Å². The summed E-state index contributed by atoms with van der Waals surface area (Å²) in [4.78, 5) is 21.9. The Morgan fingerprint density at radius 1 is 1.32 bits per heavy atom. The summed E-state index contributed by atoms with van der Waals surface area (Å²) in [5.74, 6) is 0.157. The second-order valence-corrected chi connectivity index (χ2v) is 6.73. The van der Waals surface area contributed by atoms with Gasteiger partial charge in [-0.1, -0.05) is 15.9 Å². The average molecular weight is 471 g/mol. The average Bonchev–Trinajstić information content (AvgIpc) is 2.54. The fraction of sp³-hybridized carbons (Fsp3) is 0.125. The van der Waals surface area contributed by atoms with Crippen molar-refractivity contribution in [2.75, 3.05) is 6.61 Å². The number of carbonyl (C=O) groups is 1. The number of amides is 1. The van der Waals surface area contributed by atoms with Crippen molar-refractivity contribution < 1.29 is 14.5 Å². The molecule has 7 nitrogen and oxygen atoms in total. The van der Waals surface area contributed by atoms with Crippen LogP contribution in [0.3, 0.4) is 0 Å². The SMILES string of the molecule is Cc1cc(Br)cc(Br)c1OCC(=O)N/N=C/c1ccc([N+](=O)[O-])cc1. The van der Waals surface area contributed by atoms with Crippen LogP contribution in [0.4, 0.5) is 5.69 Å². The summed E-state index contributed by atoms with van der Waals surface area (Å²) in [6, 6.07) is 9.50. The maximum absolute atomic E-state index is 11.8. The molecule has 0 unspecified atom stereocenters. The molecule has 0 aliphatic carbocycles. The van der Waals surface area contributed by atoms with E-state index in [1.165, 1.54) is 30.5 Å². The Hall–Kier alpha value is -2.26. The van der Waals surface area contributed by atoms with Crippen LogP contribution in [-0.4, -0.2) is 23.7 Å². The lowest BCUT2D eigenvalue weighted by atomic mass is 10.2. The van der Waals surface area contributed by atoms with Crippen molar-refractivity contribution in [2.45, 2.75) is 6.92 Å². The molecule has 0 fully saturated rings. The van der Waals surface area contributed by atoms with Gasteiger partial charge in [0.05, 0.1) is 15.6 Å². The van der Waals surface area contributed by atoms with E-state index in [0.29, 0.717) is 11.3 Å². The molecule has 0 bridgehead atoms. The zero-order chi connectivity index (χ0) is 18.4. The highest BCUT2D eigenvalue weighted by Crippen LogP contribution is 2.32. The number of carbonyl (C=O) groups excluding carboxylic acids is 1. The highest BCUT2D eigenvalue weighted by molar-refractivity contribution is 9.11. The van der Waals surface area contributed by atoms with Gasteiger partial charge in [0.2, 0.25) is 0 Å². The number of nitro groups is 1. The first kappa shape index (κ1) is 19.1. The molecule has 0 aliphatic heterocycles. The van der Waals surface area contributed by atoms with E-state index in [1.807, 2.05) is 19.1 Å². The molecule has 0 aromatic heterocycles. The quantitative estimate of drug-likeness (QED) is 0.392. The zero-order valence-electron chi connectivity index (χ0n) is 13.0. The van der Waals surface area contributed by atoms with E-state index in [0.717, 1.165) is 14.5 Å². The number of nitro benzene ring substituents is 1. The molecule has 0 spiro atoms. The monoisotopic (exact) mass is 469 g/mol. The van der Waals surface area contributed by atoms with Crippen LogP contribution in [0, 0.1) is 17.0 Å². The van der Waals surface area contributed by atoms with Gasteiger partial charge in [0.1, 0.15) is 5.75 Å². The van der Waals surface area contributed by atoms with Gasteiger partial charge in [0.15, 0.2) is 6.61 Å². The molecule has 0 radical (unpaired) electrons. The molecule has 9 heteroatoms. The molecule has 0 saturated carbocycles. The number of nitrogens with zero attached hydrogens (tertiary/aromatic N) is 2. The lowest BCUT2D eigenvalue weighted by Gasteiger charge is -2.10. The van der Waals surface area contributed by atoms with Crippen molar-refractivity contribution in [3.05, 3.63) is 66.6 Å². The van der Waals surface area contributed by atoms with Crippen molar-refractivity contribution in [3.8, 4) is 5.75 Å². The smallest absolute Gasteiger partial charge is 0.277 e. The van der Waals surface area contributed by atoms with Crippen LogP contribution < -0.4 is 10.2 Å². The second kappa shape index (κ2) is 8.72. The minimum Gasteiger partial charge on any atom is -0.482 e. The van der Waals surface area contributed by atoms with E-state index >= 15 is 0 Å². The lowest BCUT2D eigenvalue weighted by molar-refractivity contribution is -0.384. The Labute approximate surface area is 160 Å². The topological polar surface area (TPSA) is 93.8 Å². The third-order valence-corrected chi connectivity index (χ3v) is 4.10. The van der Waals surface area contributed by atoms with Crippen LogP contribution in [-0.2, 0) is 4.79 Å². The number of rotatable bonds is 6. The van der Waals surface area contributed by atoms with Gasteiger partial charge < -0.3 is 4.74 Å². The number of benzene rings is 2. The number of nitrogens with one attached hydrogen (secondary N) is 1. The van der Waals surface area contributed by atoms with E-state index in [9.17, 15) is 14.9 Å². The van der Waals surface area contributed by atoms with E-state index in [4.69, 9.17) is 4.74 Å². The van der Waals surface area contributed by atoms with Gasteiger partial charge >= 0.3 is 0 Å². The first-order valence-electron chi connectivity index (χ1n) is 7.01. The standard InChI is InChI=1S/C16H13Br2N3O4/c1-10-6-12(17)7-14(18)16(10)25-9-15(22)20-19-8-11-2-4-13(5-3-11)21(23)24/h2-8H,9H2,1H3,(H,20,22)/b19-8+. The predicted octanol–water partition coefficient (Wildman–Crippen LogP) is 3.96. The highest BCUT2D eigenvalue weighted by Gasteiger charge is 2.09. The third-order valence-electron chi connectivity index (χ3n) is 3.05. The number of ether oxygens (including phenoxy) is 1. The minimum absolute atomic E-state index is 0.00923. The lowest BCUT2D eigenvalue weighted by Crippen LogP contribution is -2.24. The normalized spacial score (nSPS) is 10.7. The summed E-state index contributed by atoms with van der Waals surface area (Å²) >= 11 is 6.76. The molecule has 25 heavy (non-hydrogen) atoms. The van der Waals surface area contributed by atoms with Gasteiger partial charge in [-0.15, -0.1) is 0 Å². The summed E-state index contributed by atoms with van der Waals surface area (Å²) in [5, 5.41) is 14.4. The molecule has 1 amide bonds. The van der Waals surface area contributed by atoms with Crippen LogP contribution >= 0.6 is 31.9 Å². The van der Waals surface area contributed by atoms with Crippen molar-refractivity contribution in [2.24, 2.45) is 5.10 Å². The maximum atomic E-state index is 11.8. The Morgan fingerprint density at radius 3 is 2.60 bits per heavy atom. The summed E-state index contributed by atoms with van der Waals surface area (Å²) in [5.41, 5.74) is 3.83. The van der Waals surface area contributed by atoms with Gasteiger partial charge in [-0.2, -0.15) is 5.10 Å². The molecule has 2 rings (SSSR count). The zero-order valence-corrected chi connectivity index (χ0v) is 16.2. The van der Waals surface area contributed by atoms with E-state index in [-0.39, 0.29) is 12.3 Å². The van der Waals surface area contributed by atoms with E-state index in [1.54, 1.807) is 0 Å². The van der Waals surface area contributed by atoms with Crippen LogP contribution in [0.5, 0.6) is 5.75 Å². The number of hydrogen-bond donors (Lipinski definition) is 1. The predicted molar refractivity (Wildman–Crippen MR) is 101 cm³/mol. The fourth-order valence-corrected chi connectivity index (χ4v) is 3.46. The Bertz CT molecular complexity index is 800. The summed E-state index contributed by atoms with van der Waals surface area (Å²) < 4.78 is 7.14. The number of aryl methyl sites for hydroxylation is 1. The van der Waals surface area contributed by atoms with Gasteiger partial charge in [-0.3, -0.25) is 14.9 Å². The van der Waals surface area contributed by atoms with Gasteiger partial charge in [-0.05, 0) is 58.2 Å². The molecule has 1 N–H and O–H groups in total. The molecule has 2 aromatic carbocycles. The van der Waals surface area contributed by atoms with E-state index in [2.05, 4.69) is 42.4 Å². The molecular formula is C16H13Br2N3O4. The molecule has 0 atom stereocenters. The minimum atomic E-state index is -0.484. The number of hydrazone groups is 1. The highest BCUT2D eigenvalue weighted by atomic mass is 79.9. The molecule has 0 heterocycles. The molecule has 130 valence electrons. The number of hydrogen-bond acceptors (Lipinski definition) is 5. The van der Waals surface area contributed by atoms with Crippen LogP contribution in [0.25, 0.3) is 0 Å². The second-order valence-electron chi connectivity index (χ2n) is 4.96. The Kier molecular flexibility index (Phi) is 6.65. The Balaban J connectivity index is 1.87. The summed E-state index contributed by atoms with van der Waals surface area (Å²) in [6.07, 6.45) is 1.39. The van der Waals surface area contributed by atoms with Crippen LogP contribution in [0.15, 0.2) is 50.4 Å². The van der Waals surface area contributed by atoms with Crippen molar-refractivity contribution in [3.63, 3.8) is 0 Å². The summed E-state index contributed by atoms with van der Waals surface area (Å²) in [7, 11) is 0. The van der Waals surface area contributed by atoms with E-state index < -0.39 is 10.8 Å². The largest absolute Gasteiger partial charge is 0.482 e. The first-order valence-corrected chi connectivity index (χ1v) is 8.60. The maximum Gasteiger partial charge on any atom is 0.277 e. The van der Waals surface area contributed by atoms with Crippen molar-refractivity contribution in [1.82, 2.24) is 5.43 Å². The van der Waals surface area contributed by atoms with Crippen LogP contribution in [0.1, 0.15) is 11.1 Å². The first-order chi connectivity index (χ1) is 11.9. The molecule has 0 saturated heterocycles. The van der Waals surface area contributed by atoms with Crippen LogP contribution in [0.2, 0.25) is 0 Å². The molecule has 0 aliphatic rings. The van der Waals surface area contributed by atoms with Gasteiger partial charge in [0.25, 0.3) is 11.6 Å². The molecule has 2 aromatic rings. The fourth-order valence-electron chi connectivity index (χ4n) is 1.90. The Morgan fingerprint density at radius 2 is 2.00 bits per heavy atom. The van der Waals surface area contributed by atoms with Crippen molar-refractivity contribution in [1.29, 1.82) is 0 Å². The van der Waals surface area contributed by atoms with Gasteiger partial charge in [0, 0.05) is 16.6 Å². The molecular weight excluding hydrogens is 458 g/mol. The number of halogens is 2. The van der Waals surface area contributed by atoms with Crippen molar-refractivity contribution >= 4 is 49.7 Å². The third kappa shape index (κ3) is 5.64. The summed E-state index contributed by atoms with van der Waals surface area (Å²) in [6.45, 7) is 1.67.